The Hall–Kier alpha value is -2.05. The molecule has 18 heavy (non-hydrogen) atoms. The molecule has 0 aromatic carbocycles. The van der Waals surface area contributed by atoms with Crippen LogP contribution in [0.3, 0.4) is 0 Å². The Morgan fingerprint density at radius 2 is 1.89 bits per heavy atom. The van der Waals surface area contributed by atoms with Crippen molar-refractivity contribution in [3.8, 4) is 0 Å². The number of nitrogens with zero attached hydrogens (tertiary/aromatic N) is 3. The Morgan fingerprint density at radius 3 is 2.44 bits per heavy atom. The molecule has 0 saturated heterocycles. The zero-order chi connectivity index (χ0) is 13.0. The van der Waals surface area contributed by atoms with Crippen LogP contribution in [0.5, 0.6) is 0 Å². The summed E-state index contributed by atoms with van der Waals surface area (Å²) >= 11 is 0. The highest BCUT2D eigenvalue weighted by Crippen LogP contribution is 2.24. The molecule has 1 saturated carbocycles. The van der Waals surface area contributed by atoms with Crippen molar-refractivity contribution in [2.24, 2.45) is 5.92 Å². The van der Waals surface area contributed by atoms with E-state index in [0.29, 0.717) is 0 Å². The van der Waals surface area contributed by atoms with Gasteiger partial charge >= 0.3 is 5.69 Å². The van der Waals surface area contributed by atoms with Crippen LogP contribution < -0.4 is 5.32 Å². The Labute approximate surface area is 104 Å². The largest absolute Gasteiger partial charge is 0.305 e. The zero-order valence-corrected chi connectivity index (χ0v) is 9.83. The van der Waals surface area contributed by atoms with Crippen molar-refractivity contribution in [3.63, 3.8) is 0 Å². The molecule has 96 valence electrons. The molecule has 0 aliphatic heterocycles. The lowest BCUT2D eigenvalue weighted by Crippen LogP contribution is -2.25. The average Bonchev–Trinajstić information content (AvgIpc) is 2.40. The fourth-order valence-electron chi connectivity index (χ4n) is 2.06. The van der Waals surface area contributed by atoms with E-state index < -0.39 is 4.92 Å². The van der Waals surface area contributed by atoms with Crippen LogP contribution >= 0.6 is 0 Å². The van der Waals surface area contributed by atoms with Gasteiger partial charge in [0.15, 0.2) is 0 Å². The van der Waals surface area contributed by atoms with Gasteiger partial charge < -0.3 is 0 Å². The van der Waals surface area contributed by atoms with E-state index >= 15 is 0 Å². The van der Waals surface area contributed by atoms with Crippen LogP contribution in [0.1, 0.15) is 32.1 Å². The highest BCUT2D eigenvalue weighted by molar-refractivity contribution is 5.90. The summed E-state index contributed by atoms with van der Waals surface area (Å²) < 4.78 is 0. The fraction of sp³-hybridized carbons (Fsp3) is 0.545. The molecule has 1 aliphatic rings. The number of nitrogens with one attached hydrogen (secondary N) is 1. The van der Waals surface area contributed by atoms with Crippen molar-refractivity contribution in [2.75, 3.05) is 5.32 Å². The maximum absolute atomic E-state index is 11.9. The predicted molar refractivity (Wildman–Crippen MR) is 63.9 cm³/mol. The van der Waals surface area contributed by atoms with Gasteiger partial charge in [-0.05, 0) is 12.8 Å². The number of anilines is 1. The number of hydrogen-bond acceptors (Lipinski definition) is 5. The van der Waals surface area contributed by atoms with Crippen LogP contribution in [0.4, 0.5) is 11.6 Å². The summed E-state index contributed by atoms with van der Waals surface area (Å²) in [5.41, 5.74) is -0.189. The molecule has 1 fully saturated rings. The number of hydrogen-bond donors (Lipinski definition) is 1. The van der Waals surface area contributed by atoms with Gasteiger partial charge in [-0.15, -0.1) is 0 Å². The molecule has 0 bridgehead atoms. The number of carbonyl (C=O) groups excluding carboxylic acids is 1. The molecule has 0 atom stereocenters. The second kappa shape index (κ2) is 5.52. The predicted octanol–water partition coefficient (Wildman–Crippen LogP) is 1.90. The maximum Gasteiger partial charge on any atom is 0.305 e. The Morgan fingerprint density at radius 1 is 1.28 bits per heavy atom. The van der Waals surface area contributed by atoms with Crippen LogP contribution in [-0.4, -0.2) is 20.8 Å². The van der Waals surface area contributed by atoms with E-state index in [1.807, 2.05) is 0 Å². The summed E-state index contributed by atoms with van der Waals surface area (Å²) in [5, 5.41) is 13.0. The lowest BCUT2D eigenvalue weighted by atomic mass is 9.89. The van der Waals surface area contributed by atoms with Gasteiger partial charge in [-0.3, -0.25) is 20.2 Å². The molecular formula is C11H14N4O3. The fourth-order valence-corrected chi connectivity index (χ4v) is 2.06. The van der Waals surface area contributed by atoms with Gasteiger partial charge in [0.1, 0.15) is 12.4 Å². The summed E-state index contributed by atoms with van der Waals surface area (Å²) in [5.74, 6) is 0.0391. The second-order valence-electron chi connectivity index (χ2n) is 4.35. The minimum atomic E-state index is -0.577. The van der Waals surface area contributed by atoms with E-state index in [-0.39, 0.29) is 23.5 Å². The van der Waals surface area contributed by atoms with Gasteiger partial charge in [0.2, 0.25) is 11.9 Å². The molecular weight excluding hydrogens is 236 g/mol. The third-order valence-corrected chi connectivity index (χ3v) is 3.06. The van der Waals surface area contributed by atoms with Crippen molar-refractivity contribution >= 4 is 17.5 Å². The highest BCUT2D eigenvalue weighted by atomic mass is 16.6. The van der Waals surface area contributed by atoms with Crippen LogP contribution in [-0.2, 0) is 4.79 Å². The van der Waals surface area contributed by atoms with Gasteiger partial charge in [-0.2, -0.15) is 0 Å². The second-order valence-corrected chi connectivity index (χ2v) is 4.35. The Bertz CT molecular complexity index is 440. The number of carbonyl (C=O) groups is 1. The molecule has 1 aromatic rings. The van der Waals surface area contributed by atoms with E-state index in [1.54, 1.807) is 0 Å². The van der Waals surface area contributed by atoms with E-state index in [4.69, 9.17) is 0 Å². The lowest BCUT2D eigenvalue weighted by molar-refractivity contribution is -0.385. The maximum atomic E-state index is 11.9. The minimum absolute atomic E-state index is 0.0116. The first-order valence-electron chi connectivity index (χ1n) is 5.94. The Balaban J connectivity index is 1.96. The smallest absolute Gasteiger partial charge is 0.294 e. The first kappa shape index (κ1) is 12.4. The summed E-state index contributed by atoms with van der Waals surface area (Å²) in [6.45, 7) is 0. The first-order valence-corrected chi connectivity index (χ1v) is 5.94. The summed E-state index contributed by atoms with van der Waals surface area (Å²) in [6, 6.07) is 0. The molecule has 7 nitrogen and oxygen atoms in total. The van der Waals surface area contributed by atoms with Crippen LogP contribution in [0.2, 0.25) is 0 Å². The molecule has 7 heteroatoms. The van der Waals surface area contributed by atoms with Crippen molar-refractivity contribution in [1.29, 1.82) is 0 Å². The van der Waals surface area contributed by atoms with Gasteiger partial charge in [-0.1, -0.05) is 19.3 Å². The molecule has 1 aliphatic carbocycles. The third kappa shape index (κ3) is 2.99. The first-order chi connectivity index (χ1) is 8.66. The van der Waals surface area contributed by atoms with Gasteiger partial charge in [0.05, 0.1) is 4.92 Å². The van der Waals surface area contributed by atoms with E-state index in [2.05, 4.69) is 15.3 Å². The summed E-state index contributed by atoms with van der Waals surface area (Å²) in [6.07, 6.45) is 7.26. The van der Waals surface area contributed by atoms with E-state index in [9.17, 15) is 14.9 Å². The van der Waals surface area contributed by atoms with Crippen molar-refractivity contribution in [3.05, 3.63) is 22.5 Å². The molecule has 1 heterocycles. The molecule has 1 amide bonds. The van der Waals surface area contributed by atoms with Crippen molar-refractivity contribution in [2.45, 2.75) is 32.1 Å². The number of aromatic nitrogens is 2. The lowest BCUT2D eigenvalue weighted by Gasteiger charge is -2.19. The van der Waals surface area contributed by atoms with E-state index in [0.717, 1.165) is 38.1 Å². The van der Waals surface area contributed by atoms with Crippen LogP contribution in [0, 0.1) is 16.0 Å². The van der Waals surface area contributed by atoms with Crippen molar-refractivity contribution in [1.82, 2.24) is 9.97 Å². The van der Waals surface area contributed by atoms with Crippen molar-refractivity contribution < 1.29 is 9.72 Å². The minimum Gasteiger partial charge on any atom is -0.294 e. The van der Waals surface area contributed by atoms with Crippen LogP contribution in [0.15, 0.2) is 12.4 Å². The standard InChI is InChI=1S/C11H14N4O3/c16-10(8-4-2-1-3-5-8)14-11-12-6-9(7-13-11)15(17)18/h6-8H,1-5H2,(H,12,13,14,16). The summed E-state index contributed by atoms with van der Waals surface area (Å²) in [7, 11) is 0. The van der Waals surface area contributed by atoms with Gasteiger partial charge in [0.25, 0.3) is 0 Å². The molecule has 1 N–H and O–H groups in total. The van der Waals surface area contributed by atoms with E-state index in [1.165, 1.54) is 6.42 Å². The normalized spacial score (nSPS) is 16.2. The summed E-state index contributed by atoms with van der Waals surface area (Å²) in [4.78, 5) is 29.2. The topological polar surface area (TPSA) is 98.0 Å². The third-order valence-electron chi connectivity index (χ3n) is 3.06. The molecule has 0 radical (unpaired) electrons. The Kier molecular flexibility index (Phi) is 3.81. The highest BCUT2D eigenvalue weighted by Gasteiger charge is 2.21. The van der Waals surface area contributed by atoms with Gasteiger partial charge in [-0.25, -0.2) is 9.97 Å². The zero-order valence-electron chi connectivity index (χ0n) is 9.83. The average molecular weight is 250 g/mol. The number of nitro groups is 1. The number of amides is 1. The van der Waals surface area contributed by atoms with Crippen LogP contribution in [0.25, 0.3) is 0 Å². The quantitative estimate of drug-likeness (QED) is 0.652. The monoisotopic (exact) mass is 250 g/mol. The molecule has 1 aromatic heterocycles. The van der Waals surface area contributed by atoms with Gasteiger partial charge in [0, 0.05) is 5.92 Å². The number of rotatable bonds is 3. The molecule has 0 spiro atoms. The SMILES string of the molecule is O=C(Nc1ncc([N+](=O)[O-])cn1)C1CCCCC1. The molecule has 2 rings (SSSR count). The molecule has 0 unspecified atom stereocenters.